The molecular formula is C12H25N3O3S. The maximum Gasteiger partial charge on any atom is 0.221 e. The number of rotatable bonds is 6. The van der Waals surface area contributed by atoms with E-state index in [1.54, 1.807) is 0 Å². The standard InChI is InChI=1S/C12H25N3O3S/c1-4-13-10(2)9-12(16)14-11-5-7-15(8-6-11)19(3,17)18/h10-11,13H,4-9H2,1-3H3,(H,14,16). The van der Waals surface area contributed by atoms with E-state index in [-0.39, 0.29) is 18.0 Å². The summed E-state index contributed by atoms with van der Waals surface area (Å²) < 4.78 is 24.2. The lowest BCUT2D eigenvalue weighted by Gasteiger charge is -2.30. The summed E-state index contributed by atoms with van der Waals surface area (Å²) in [5.41, 5.74) is 0. The Balaban J connectivity index is 2.31. The molecule has 1 fully saturated rings. The van der Waals surface area contributed by atoms with Crippen LogP contribution in [0.1, 0.15) is 33.1 Å². The van der Waals surface area contributed by atoms with Crippen LogP contribution in [0.5, 0.6) is 0 Å². The predicted molar refractivity (Wildman–Crippen MR) is 75.3 cm³/mol. The molecule has 1 saturated heterocycles. The van der Waals surface area contributed by atoms with Gasteiger partial charge in [-0.05, 0) is 26.3 Å². The molecule has 7 heteroatoms. The minimum absolute atomic E-state index is 0.0336. The third kappa shape index (κ3) is 5.88. The molecule has 0 bridgehead atoms. The number of amides is 1. The fourth-order valence-corrected chi connectivity index (χ4v) is 3.19. The Morgan fingerprint density at radius 1 is 1.37 bits per heavy atom. The molecule has 19 heavy (non-hydrogen) atoms. The monoisotopic (exact) mass is 291 g/mol. The maximum atomic E-state index is 11.8. The first-order chi connectivity index (χ1) is 8.82. The fourth-order valence-electron chi connectivity index (χ4n) is 2.32. The average Bonchev–Trinajstić information content (AvgIpc) is 2.28. The number of carbonyl (C=O) groups excluding carboxylic acids is 1. The van der Waals surface area contributed by atoms with E-state index in [0.717, 1.165) is 6.54 Å². The van der Waals surface area contributed by atoms with E-state index in [1.807, 2.05) is 13.8 Å². The number of nitrogens with one attached hydrogen (secondary N) is 2. The summed E-state index contributed by atoms with van der Waals surface area (Å²) in [5, 5.41) is 6.17. The Kier molecular flexibility index (Phi) is 6.22. The van der Waals surface area contributed by atoms with Gasteiger partial charge in [0, 0.05) is 31.6 Å². The maximum absolute atomic E-state index is 11.8. The van der Waals surface area contributed by atoms with Gasteiger partial charge in [-0.3, -0.25) is 4.79 Å². The van der Waals surface area contributed by atoms with Crippen molar-refractivity contribution in [1.82, 2.24) is 14.9 Å². The van der Waals surface area contributed by atoms with Crippen molar-refractivity contribution >= 4 is 15.9 Å². The molecule has 0 aromatic rings. The highest BCUT2D eigenvalue weighted by atomic mass is 32.2. The second-order valence-corrected chi connectivity index (χ2v) is 7.15. The van der Waals surface area contributed by atoms with Gasteiger partial charge < -0.3 is 10.6 Å². The van der Waals surface area contributed by atoms with E-state index in [2.05, 4.69) is 10.6 Å². The summed E-state index contributed by atoms with van der Waals surface area (Å²) in [4.78, 5) is 11.8. The van der Waals surface area contributed by atoms with E-state index in [1.165, 1.54) is 10.6 Å². The van der Waals surface area contributed by atoms with Crippen molar-refractivity contribution in [3.05, 3.63) is 0 Å². The Morgan fingerprint density at radius 3 is 2.42 bits per heavy atom. The lowest BCUT2D eigenvalue weighted by atomic mass is 10.1. The van der Waals surface area contributed by atoms with Crippen molar-refractivity contribution in [2.24, 2.45) is 0 Å². The first-order valence-corrected chi connectivity index (χ1v) is 8.65. The molecule has 0 aromatic carbocycles. The highest BCUT2D eigenvalue weighted by Gasteiger charge is 2.25. The Labute approximate surface area is 116 Å². The van der Waals surface area contributed by atoms with Crippen molar-refractivity contribution in [3.8, 4) is 0 Å². The van der Waals surface area contributed by atoms with Crippen LogP contribution in [0.3, 0.4) is 0 Å². The zero-order valence-electron chi connectivity index (χ0n) is 12.0. The molecule has 112 valence electrons. The van der Waals surface area contributed by atoms with Crippen molar-refractivity contribution in [1.29, 1.82) is 0 Å². The molecule has 1 aliphatic rings. The van der Waals surface area contributed by atoms with Crippen molar-refractivity contribution in [3.63, 3.8) is 0 Å². The van der Waals surface area contributed by atoms with E-state index < -0.39 is 10.0 Å². The molecule has 0 saturated carbocycles. The van der Waals surface area contributed by atoms with Gasteiger partial charge in [-0.25, -0.2) is 12.7 Å². The van der Waals surface area contributed by atoms with E-state index in [0.29, 0.717) is 32.4 Å². The highest BCUT2D eigenvalue weighted by Crippen LogP contribution is 2.13. The normalized spacial score (nSPS) is 20.2. The van der Waals surface area contributed by atoms with Gasteiger partial charge in [0.15, 0.2) is 0 Å². The van der Waals surface area contributed by atoms with Crippen molar-refractivity contribution in [2.75, 3.05) is 25.9 Å². The van der Waals surface area contributed by atoms with Crippen LogP contribution in [0.25, 0.3) is 0 Å². The summed E-state index contributed by atoms with van der Waals surface area (Å²) in [7, 11) is -3.09. The second kappa shape index (κ2) is 7.21. The fraction of sp³-hybridized carbons (Fsp3) is 0.917. The molecule has 1 unspecified atom stereocenters. The minimum Gasteiger partial charge on any atom is -0.353 e. The SMILES string of the molecule is CCNC(C)CC(=O)NC1CCN(S(C)(=O)=O)CC1. The first kappa shape index (κ1) is 16.4. The molecule has 0 aliphatic carbocycles. The average molecular weight is 291 g/mol. The van der Waals surface area contributed by atoms with Gasteiger partial charge in [0.1, 0.15) is 0 Å². The van der Waals surface area contributed by atoms with Crippen molar-refractivity contribution < 1.29 is 13.2 Å². The van der Waals surface area contributed by atoms with E-state index in [9.17, 15) is 13.2 Å². The van der Waals surface area contributed by atoms with Gasteiger partial charge in [0.05, 0.1) is 6.26 Å². The Bertz CT molecular complexity index is 389. The number of hydrogen-bond acceptors (Lipinski definition) is 4. The van der Waals surface area contributed by atoms with Crippen molar-refractivity contribution in [2.45, 2.75) is 45.2 Å². The lowest BCUT2D eigenvalue weighted by molar-refractivity contribution is -0.122. The molecule has 1 heterocycles. The predicted octanol–water partition coefficient (Wildman–Crippen LogP) is -0.0853. The van der Waals surface area contributed by atoms with Crippen LogP contribution in [0.15, 0.2) is 0 Å². The molecule has 1 atom stereocenters. The summed E-state index contributed by atoms with van der Waals surface area (Å²) in [6.45, 7) is 5.82. The van der Waals surface area contributed by atoms with Crippen LogP contribution in [0, 0.1) is 0 Å². The van der Waals surface area contributed by atoms with Crippen LogP contribution in [0.4, 0.5) is 0 Å². The second-order valence-electron chi connectivity index (χ2n) is 5.17. The largest absolute Gasteiger partial charge is 0.353 e. The minimum atomic E-state index is -3.09. The molecule has 0 aromatic heterocycles. The van der Waals surface area contributed by atoms with Crippen LogP contribution >= 0.6 is 0 Å². The third-order valence-electron chi connectivity index (χ3n) is 3.33. The summed E-state index contributed by atoms with van der Waals surface area (Å²) in [6, 6.07) is 0.264. The first-order valence-electron chi connectivity index (χ1n) is 6.80. The van der Waals surface area contributed by atoms with Gasteiger partial charge in [-0.2, -0.15) is 0 Å². The molecular weight excluding hydrogens is 266 g/mol. The molecule has 6 nitrogen and oxygen atoms in total. The Hall–Kier alpha value is -0.660. The zero-order chi connectivity index (χ0) is 14.5. The third-order valence-corrected chi connectivity index (χ3v) is 4.64. The van der Waals surface area contributed by atoms with Crippen LogP contribution in [-0.4, -0.2) is 56.6 Å². The molecule has 1 aliphatic heterocycles. The van der Waals surface area contributed by atoms with Crippen LogP contribution in [0.2, 0.25) is 0 Å². The summed E-state index contributed by atoms with van der Waals surface area (Å²) in [6.07, 6.45) is 3.06. The van der Waals surface area contributed by atoms with Crippen LogP contribution < -0.4 is 10.6 Å². The number of hydrogen-bond donors (Lipinski definition) is 2. The quantitative estimate of drug-likeness (QED) is 0.717. The van der Waals surface area contributed by atoms with Gasteiger partial charge in [0.2, 0.25) is 15.9 Å². The number of nitrogens with zero attached hydrogens (tertiary/aromatic N) is 1. The Morgan fingerprint density at radius 2 is 1.95 bits per heavy atom. The number of carbonyl (C=O) groups is 1. The lowest BCUT2D eigenvalue weighted by Crippen LogP contribution is -2.47. The smallest absolute Gasteiger partial charge is 0.221 e. The van der Waals surface area contributed by atoms with Gasteiger partial charge >= 0.3 is 0 Å². The number of sulfonamides is 1. The molecule has 2 N–H and O–H groups in total. The highest BCUT2D eigenvalue weighted by molar-refractivity contribution is 7.88. The zero-order valence-corrected chi connectivity index (χ0v) is 12.8. The molecule has 0 spiro atoms. The number of piperidine rings is 1. The van der Waals surface area contributed by atoms with Crippen LogP contribution in [-0.2, 0) is 14.8 Å². The summed E-state index contributed by atoms with van der Waals surface area (Å²) in [5.74, 6) is 0.0336. The molecule has 0 radical (unpaired) electrons. The molecule has 1 amide bonds. The molecule has 1 rings (SSSR count). The van der Waals surface area contributed by atoms with Gasteiger partial charge in [-0.15, -0.1) is 0 Å². The van der Waals surface area contributed by atoms with E-state index in [4.69, 9.17) is 0 Å². The van der Waals surface area contributed by atoms with Gasteiger partial charge in [0.25, 0.3) is 0 Å². The van der Waals surface area contributed by atoms with Gasteiger partial charge in [-0.1, -0.05) is 6.92 Å². The van der Waals surface area contributed by atoms with E-state index >= 15 is 0 Å². The summed E-state index contributed by atoms with van der Waals surface area (Å²) >= 11 is 0. The topological polar surface area (TPSA) is 78.5 Å².